The number of oxazole rings is 1. The van der Waals surface area contributed by atoms with Crippen LogP contribution in [0.15, 0.2) is 46.0 Å². The Kier molecular flexibility index (Phi) is 7.27. The number of nitrogens with zero attached hydrogens (tertiary/aromatic N) is 3. The van der Waals surface area contributed by atoms with Gasteiger partial charge in [-0.2, -0.15) is 0 Å². The molecule has 1 unspecified atom stereocenters. The summed E-state index contributed by atoms with van der Waals surface area (Å²) in [5.41, 5.74) is 1.84. The standard InChI is InChI=1S/C21H31N5O/c1-17(15-26-11-7-4-8-12-26)13-23-21(22-2)24-14-19-16-27-20(25-19)18-9-5-3-6-10-18/h3,5-6,9-10,16-17H,4,7-8,11-15H2,1-2H3,(H2,22,23,24). The topological polar surface area (TPSA) is 65.7 Å². The van der Waals surface area contributed by atoms with Crippen molar-refractivity contribution in [3.05, 3.63) is 42.3 Å². The molecule has 0 aliphatic carbocycles. The fourth-order valence-corrected chi connectivity index (χ4v) is 3.41. The van der Waals surface area contributed by atoms with Crippen LogP contribution >= 0.6 is 0 Å². The predicted octanol–water partition coefficient (Wildman–Crippen LogP) is 3.13. The summed E-state index contributed by atoms with van der Waals surface area (Å²) in [7, 11) is 1.79. The van der Waals surface area contributed by atoms with Crippen molar-refractivity contribution in [1.29, 1.82) is 0 Å². The van der Waals surface area contributed by atoms with Crippen molar-refractivity contribution in [3.63, 3.8) is 0 Å². The van der Waals surface area contributed by atoms with Crippen LogP contribution in [-0.2, 0) is 6.54 Å². The molecule has 6 nitrogen and oxygen atoms in total. The van der Waals surface area contributed by atoms with Gasteiger partial charge in [0.25, 0.3) is 0 Å². The maximum Gasteiger partial charge on any atom is 0.226 e. The Morgan fingerprint density at radius 3 is 2.70 bits per heavy atom. The number of hydrogen-bond acceptors (Lipinski definition) is 4. The zero-order chi connectivity index (χ0) is 18.9. The van der Waals surface area contributed by atoms with Crippen LogP contribution in [0.4, 0.5) is 0 Å². The Morgan fingerprint density at radius 1 is 1.19 bits per heavy atom. The maximum absolute atomic E-state index is 5.58. The molecule has 146 valence electrons. The van der Waals surface area contributed by atoms with E-state index in [1.165, 1.54) is 32.4 Å². The lowest BCUT2D eigenvalue weighted by atomic mass is 10.1. The number of aromatic nitrogens is 1. The Labute approximate surface area is 162 Å². The number of piperidine rings is 1. The molecule has 0 spiro atoms. The lowest BCUT2D eigenvalue weighted by Crippen LogP contribution is -2.42. The fourth-order valence-electron chi connectivity index (χ4n) is 3.41. The van der Waals surface area contributed by atoms with Gasteiger partial charge in [0.15, 0.2) is 5.96 Å². The van der Waals surface area contributed by atoms with Crippen molar-refractivity contribution in [1.82, 2.24) is 20.5 Å². The second-order valence-corrected chi connectivity index (χ2v) is 7.28. The molecule has 6 heteroatoms. The molecule has 1 fully saturated rings. The van der Waals surface area contributed by atoms with Gasteiger partial charge in [-0.25, -0.2) is 4.98 Å². The van der Waals surface area contributed by atoms with Crippen LogP contribution in [0.2, 0.25) is 0 Å². The summed E-state index contributed by atoms with van der Waals surface area (Å²) in [5.74, 6) is 2.02. The van der Waals surface area contributed by atoms with Crippen LogP contribution in [-0.4, -0.2) is 49.1 Å². The second kappa shape index (κ2) is 10.1. The lowest BCUT2D eigenvalue weighted by Gasteiger charge is -2.29. The van der Waals surface area contributed by atoms with Crippen LogP contribution in [0.25, 0.3) is 11.5 Å². The Balaban J connectivity index is 1.42. The van der Waals surface area contributed by atoms with E-state index < -0.39 is 0 Å². The largest absolute Gasteiger partial charge is 0.444 e. The first-order valence-corrected chi connectivity index (χ1v) is 9.91. The van der Waals surface area contributed by atoms with Crippen molar-refractivity contribution >= 4 is 5.96 Å². The Bertz CT molecular complexity index is 706. The first-order valence-electron chi connectivity index (χ1n) is 9.91. The minimum Gasteiger partial charge on any atom is -0.444 e. The first-order chi connectivity index (χ1) is 13.2. The SMILES string of the molecule is CN=C(NCc1coc(-c2ccccc2)n1)NCC(C)CN1CCCCC1. The average molecular weight is 370 g/mol. The highest BCUT2D eigenvalue weighted by atomic mass is 16.3. The summed E-state index contributed by atoms with van der Waals surface area (Å²) in [6, 6.07) is 9.93. The molecule has 1 aromatic carbocycles. The third kappa shape index (κ3) is 6.10. The van der Waals surface area contributed by atoms with Gasteiger partial charge in [0.1, 0.15) is 6.26 Å². The molecular weight excluding hydrogens is 338 g/mol. The number of likely N-dealkylation sites (tertiary alicyclic amines) is 1. The Morgan fingerprint density at radius 2 is 1.96 bits per heavy atom. The molecule has 3 rings (SSSR count). The predicted molar refractivity (Wildman–Crippen MR) is 110 cm³/mol. The average Bonchev–Trinajstić information content (AvgIpc) is 3.19. The number of guanidine groups is 1. The monoisotopic (exact) mass is 369 g/mol. The van der Waals surface area contributed by atoms with E-state index >= 15 is 0 Å². The summed E-state index contributed by atoms with van der Waals surface area (Å²) in [6.45, 7) is 7.41. The van der Waals surface area contributed by atoms with Gasteiger partial charge in [-0.05, 0) is 44.0 Å². The van der Waals surface area contributed by atoms with Crippen molar-refractivity contribution < 1.29 is 4.42 Å². The fraction of sp³-hybridized carbons (Fsp3) is 0.524. The van der Waals surface area contributed by atoms with Gasteiger partial charge in [0.05, 0.1) is 12.2 Å². The number of benzene rings is 1. The van der Waals surface area contributed by atoms with Gasteiger partial charge in [-0.15, -0.1) is 0 Å². The van der Waals surface area contributed by atoms with Gasteiger partial charge in [0, 0.05) is 25.7 Å². The highest BCUT2D eigenvalue weighted by molar-refractivity contribution is 5.79. The van der Waals surface area contributed by atoms with Crippen LogP contribution in [0.3, 0.4) is 0 Å². The van der Waals surface area contributed by atoms with Crippen molar-refractivity contribution in [2.45, 2.75) is 32.7 Å². The molecule has 1 aromatic heterocycles. The highest BCUT2D eigenvalue weighted by Crippen LogP contribution is 2.17. The second-order valence-electron chi connectivity index (χ2n) is 7.28. The minimum absolute atomic E-state index is 0.580. The normalized spacial score (nSPS) is 16.9. The van der Waals surface area contributed by atoms with Gasteiger partial charge < -0.3 is 20.0 Å². The number of hydrogen-bond donors (Lipinski definition) is 2. The first kappa shape index (κ1) is 19.4. The third-order valence-electron chi connectivity index (χ3n) is 4.87. The zero-order valence-electron chi connectivity index (χ0n) is 16.4. The maximum atomic E-state index is 5.58. The van der Waals surface area contributed by atoms with E-state index in [1.807, 2.05) is 30.3 Å². The minimum atomic E-state index is 0.580. The van der Waals surface area contributed by atoms with E-state index in [1.54, 1.807) is 13.3 Å². The molecule has 0 bridgehead atoms. The smallest absolute Gasteiger partial charge is 0.226 e. The summed E-state index contributed by atoms with van der Waals surface area (Å²) in [5, 5.41) is 6.73. The molecule has 1 saturated heterocycles. The Hall–Kier alpha value is -2.34. The van der Waals surface area contributed by atoms with E-state index in [0.717, 1.165) is 30.3 Å². The van der Waals surface area contributed by atoms with Crippen LogP contribution in [0.1, 0.15) is 31.9 Å². The summed E-state index contributed by atoms with van der Waals surface area (Å²) in [6.07, 6.45) is 5.76. The number of aliphatic imine (C=N–C) groups is 1. The quantitative estimate of drug-likeness (QED) is 0.580. The van der Waals surface area contributed by atoms with Crippen molar-refractivity contribution in [2.75, 3.05) is 33.2 Å². The molecule has 0 amide bonds. The van der Waals surface area contributed by atoms with E-state index in [9.17, 15) is 0 Å². The van der Waals surface area contributed by atoms with Gasteiger partial charge in [-0.1, -0.05) is 31.5 Å². The van der Waals surface area contributed by atoms with Crippen LogP contribution in [0, 0.1) is 5.92 Å². The molecule has 2 heterocycles. The lowest BCUT2D eigenvalue weighted by molar-refractivity contribution is 0.201. The molecular formula is C21H31N5O. The van der Waals surface area contributed by atoms with E-state index in [-0.39, 0.29) is 0 Å². The third-order valence-corrected chi connectivity index (χ3v) is 4.87. The molecule has 27 heavy (non-hydrogen) atoms. The van der Waals surface area contributed by atoms with E-state index in [2.05, 4.69) is 32.4 Å². The zero-order valence-corrected chi connectivity index (χ0v) is 16.4. The molecule has 1 aliphatic rings. The molecule has 0 radical (unpaired) electrons. The van der Waals surface area contributed by atoms with Crippen molar-refractivity contribution in [3.8, 4) is 11.5 Å². The van der Waals surface area contributed by atoms with Crippen LogP contribution < -0.4 is 10.6 Å². The van der Waals surface area contributed by atoms with Crippen LogP contribution in [0.5, 0.6) is 0 Å². The summed E-state index contributed by atoms with van der Waals surface area (Å²) >= 11 is 0. The number of rotatable bonds is 7. The van der Waals surface area contributed by atoms with Gasteiger partial charge >= 0.3 is 0 Å². The highest BCUT2D eigenvalue weighted by Gasteiger charge is 2.14. The molecule has 2 N–H and O–H groups in total. The van der Waals surface area contributed by atoms with Gasteiger partial charge in [-0.3, -0.25) is 4.99 Å². The van der Waals surface area contributed by atoms with E-state index in [4.69, 9.17) is 4.42 Å². The number of nitrogens with one attached hydrogen (secondary N) is 2. The van der Waals surface area contributed by atoms with E-state index in [0.29, 0.717) is 18.4 Å². The molecule has 1 aliphatic heterocycles. The van der Waals surface area contributed by atoms with Gasteiger partial charge in [0.2, 0.25) is 5.89 Å². The molecule has 2 aromatic rings. The summed E-state index contributed by atoms with van der Waals surface area (Å²) in [4.78, 5) is 11.4. The molecule has 1 atom stereocenters. The van der Waals surface area contributed by atoms with Crippen molar-refractivity contribution in [2.24, 2.45) is 10.9 Å². The summed E-state index contributed by atoms with van der Waals surface area (Å²) < 4.78 is 5.58. The molecule has 0 saturated carbocycles.